The number of anilines is 3. The minimum Gasteiger partial charge on any atom is -0.357 e. The zero-order valence-electron chi connectivity index (χ0n) is 8.31. The van der Waals surface area contributed by atoms with E-state index < -0.39 is 0 Å². The third-order valence-corrected chi connectivity index (χ3v) is 1.83. The molecule has 76 valence electrons. The van der Waals surface area contributed by atoms with E-state index in [1.165, 1.54) is 6.33 Å². The zero-order valence-corrected chi connectivity index (χ0v) is 8.31. The molecule has 0 atom stereocenters. The number of nitrogens with zero attached hydrogens (tertiary/aromatic N) is 3. The number of nitrogens with one attached hydrogen (secondary N) is 2. The van der Waals surface area contributed by atoms with E-state index in [4.69, 9.17) is 0 Å². The van der Waals surface area contributed by atoms with E-state index in [9.17, 15) is 0 Å². The number of rotatable bonds is 3. The predicted octanol–water partition coefficient (Wildman–Crippen LogP) is 1.66. The van der Waals surface area contributed by atoms with Gasteiger partial charge in [-0.05, 0) is 12.1 Å². The quantitative estimate of drug-likeness (QED) is 0.790. The van der Waals surface area contributed by atoms with Gasteiger partial charge in [0, 0.05) is 12.7 Å². The number of aromatic nitrogens is 3. The van der Waals surface area contributed by atoms with Crippen LogP contribution in [0.2, 0.25) is 0 Å². The van der Waals surface area contributed by atoms with Crippen molar-refractivity contribution in [3.8, 4) is 0 Å². The topological polar surface area (TPSA) is 62.7 Å². The van der Waals surface area contributed by atoms with Gasteiger partial charge in [-0.3, -0.25) is 0 Å². The number of para-hydroxylation sites is 1. The number of hydrogen-bond donors (Lipinski definition) is 2. The Morgan fingerprint density at radius 2 is 1.73 bits per heavy atom. The highest BCUT2D eigenvalue weighted by molar-refractivity contribution is 5.53. The van der Waals surface area contributed by atoms with E-state index in [1.54, 1.807) is 7.05 Å². The highest BCUT2D eigenvalue weighted by Crippen LogP contribution is 2.11. The Labute approximate surface area is 87.6 Å². The van der Waals surface area contributed by atoms with Gasteiger partial charge in [0.05, 0.1) is 0 Å². The van der Waals surface area contributed by atoms with Gasteiger partial charge in [-0.1, -0.05) is 18.2 Å². The van der Waals surface area contributed by atoms with Gasteiger partial charge in [-0.2, -0.15) is 4.98 Å². The van der Waals surface area contributed by atoms with Gasteiger partial charge in [0.1, 0.15) is 6.33 Å². The van der Waals surface area contributed by atoms with Gasteiger partial charge in [0.15, 0.2) is 0 Å². The van der Waals surface area contributed by atoms with Crippen LogP contribution in [0, 0.1) is 0 Å². The fourth-order valence-corrected chi connectivity index (χ4v) is 1.13. The highest BCUT2D eigenvalue weighted by Gasteiger charge is 1.98. The minimum absolute atomic E-state index is 0.528. The van der Waals surface area contributed by atoms with E-state index in [0.717, 1.165) is 5.69 Å². The molecular weight excluding hydrogens is 190 g/mol. The molecule has 0 unspecified atom stereocenters. The van der Waals surface area contributed by atoms with Crippen molar-refractivity contribution in [2.45, 2.75) is 0 Å². The molecule has 0 saturated heterocycles. The van der Waals surface area contributed by atoms with Crippen LogP contribution in [0.5, 0.6) is 0 Å². The molecular formula is C10H11N5. The molecule has 0 saturated carbocycles. The van der Waals surface area contributed by atoms with Gasteiger partial charge >= 0.3 is 0 Å². The van der Waals surface area contributed by atoms with Crippen LogP contribution in [0.25, 0.3) is 0 Å². The molecule has 0 aliphatic heterocycles. The summed E-state index contributed by atoms with van der Waals surface area (Å²) in [6.07, 6.45) is 1.46. The van der Waals surface area contributed by atoms with Crippen molar-refractivity contribution in [2.24, 2.45) is 0 Å². The highest BCUT2D eigenvalue weighted by atomic mass is 15.2. The molecule has 15 heavy (non-hydrogen) atoms. The van der Waals surface area contributed by atoms with Gasteiger partial charge in [0.25, 0.3) is 0 Å². The Bertz CT molecular complexity index is 429. The predicted molar refractivity (Wildman–Crippen MR) is 59.1 cm³/mol. The normalized spacial score (nSPS) is 9.67. The summed E-state index contributed by atoms with van der Waals surface area (Å²) in [4.78, 5) is 12.1. The summed E-state index contributed by atoms with van der Waals surface area (Å²) in [5.41, 5.74) is 0.950. The van der Waals surface area contributed by atoms with Crippen molar-refractivity contribution in [1.29, 1.82) is 0 Å². The number of hydrogen-bond acceptors (Lipinski definition) is 5. The lowest BCUT2D eigenvalue weighted by atomic mass is 10.3. The van der Waals surface area contributed by atoms with Crippen LogP contribution in [0.15, 0.2) is 36.7 Å². The largest absolute Gasteiger partial charge is 0.357 e. The van der Waals surface area contributed by atoms with E-state index in [1.807, 2.05) is 30.3 Å². The summed E-state index contributed by atoms with van der Waals surface area (Å²) in [5, 5.41) is 5.93. The Morgan fingerprint density at radius 1 is 1.00 bits per heavy atom. The van der Waals surface area contributed by atoms with Gasteiger partial charge in [-0.25, -0.2) is 9.97 Å². The van der Waals surface area contributed by atoms with Crippen LogP contribution in [-0.2, 0) is 0 Å². The van der Waals surface area contributed by atoms with Crippen LogP contribution < -0.4 is 10.6 Å². The second-order valence-electron chi connectivity index (χ2n) is 2.87. The molecule has 0 aliphatic carbocycles. The summed E-state index contributed by atoms with van der Waals surface area (Å²) >= 11 is 0. The molecule has 1 aromatic heterocycles. The first-order valence-electron chi connectivity index (χ1n) is 4.57. The van der Waals surface area contributed by atoms with Crippen LogP contribution in [0.3, 0.4) is 0 Å². The second kappa shape index (κ2) is 4.36. The van der Waals surface area contributed by atoms with E-state index >= 15 is 0 Å². The molecule has 2 rings (SSSR count). The maximum absolute atomic E-state index is 4.14. The summed E-state index contributed by atoms with van der Waals surface area (Å²) < 4.78 is 0. The fraction of sp³-hybridized carbons (Fsp3) is 0.100. The number of benzene rings is 1. The molecule has 0 bridgehead atoms. The molecule has 1 aromatic carbocycles. The van der Waals surface area contributed by atoms with Crippen LogP contribution in [-0.4, -0.2) is 22.0 Å². The molecule has 0 spiro atoms. The van der Waals surface area contributed by atoms with Crippen LogP contribution in [0.1, 0.15) is 0 Å². The molecule has 0 fully saturated rings. The van der Waals surface area contributed by atoms with Crippen molar-refractivity contribution in [3.05, 3.63) is 36.7 Å². The molecule has 2 aromatic rings. The average Bonchev–Trinajstić information content (AvgIpc) is 2.31. The SMILES string of the molecule is CNc1ncnc(Nc2ccccc2)n1. The maximum Gasteiger partial charge on any atom is 0.231 e. The van der Waals surface area contributed by atoms with E-state index in [2.05, 4.69) is 25.6 Å². The molecule has 0 radical (unpaired) electrons. The smallest absolute Gasteiger partial charge is 0.231 e. The molecule has 0 aliphatic rings. The second-order valence-corrected chi connectivity index (χ2v) is 2.87. The summed E-state index contributed by atoms with van der Waals surface area (Å²) in [7, 11) is 1.77. The lowest BCUT2D eigenvalue weighted by molar-refractivity contribution is 1.05. The molecule has 5 nitrogen and oxygen atoms in total. The van der Waals surface area contributed by atoms with E-state index in [0.29, 0.717) is 11.9 Å². The zero-order chi connectivity index (χ0) is 10.5. The Hall–Kier alpha value is -2.17. The third-order valence-electron chi connectivity index (χ3n) is 1.83. The van der Waals surface area contributed by atoms with Crippen molar-refractivity contribution >= 4 is 17.6 Å². The lowest BCUT2D eigenvalue weighted by Crippen LogP contribution is -2.02. The summed E-state index contributed by atoms with van der Waals surface area (Å²) in [5.74, 6) is 1.07. The van der Waals surface area contributed by atoms with Crippen molar-refractivity contribution in [2.75, 3.05) is 17.7 Å². The molecule has 0 amide bonds. The first-order valence-corrected chi connectivity index (χ1v) is 4.57. The molecule has 1 heterocycles. The first-order chi connectivity index (χ1) is 7.38. The third kappa shape index (κ3) is 2.40. The standard InChI is InChI=1S/C10H11N5/c1-11-9-12-7-13-10(15-9)14-8-5-3-2-4-6-8/h2-7H,1H3,(H2,11,12,13,14,15). The van der Waals surface area contributed by atoms with Crippen molar-refractivity contribution < 1.29 is 0 Å². The Morgan fingerprint density at radius 3 is 2.47 bits per heavy atom. The Balaban J connectivity index is 2.17. The minimum atomic E-state index is 0.528. The van der Waals surface area contributed by atoms with Gasteiger partial charge < -0.3 is 10.6 Å². The fourth-order valence-electron chi connectivity index (χ4n) is 1.13. The average molecular weight is 201 g/mol. The van der Waals surface area contributed by atoms with Crippen molar-refractivity contribution in [3.63, 3.8) is 0 Å². The van der Waals surface area contributed by atoms with E-state index in [-0.39, 0.29) is 0 Å². The lowest BCUT2D eigenvalue weighted by Gasteiger charge is -2.04. The summed E-state index contributed by atoms with van der Waals surface area (Å²) in [6.45, 7) is 0. The monoisotopic (exact) mass is 201 g/mol. The van der Waals surface area contributed by atoms with Gasteiger partial charge in [-0.15, -0.1) is 0 Å². The van der Waals surface area contributed by atoms with Crippen molar-refractivity contribution in [1.82, 2.24) is 15.0 Å². The maximum atomic E-state index is 4.14. The molecule has 5 heteroatoms. The first kappa shape index (κ1) is 9.39. The summed E-state index contributed by atoms with van der Waals surface area (Å²) in [6, 6.07) is 9.74. The van der Waals surface area contributed by atoms with Crippen LogP contribution in [0.4, 0.5) is 17.6 Å². The van der Waals surface area contributed by atoms with Gasteiger partial charge in [0.2, 0.25) is 11.9 Å². The van der Waals surface area contributed by atoms with Crippen LogP contribution >= 0.6 is 0 Å². The molecule has 2 N–H and O–H groups in total. The Kier molecular flexibility index (Phi) is 2.73.